The van der Waals surface area contributed by atoms with Crippen LogP contribution in [0.25, 0.3) is 0 Å². The van der Waals surface area contributed by atoms with Crippen LogP contribution in [0.15, 0.2) is 94.8 Å². The van der Waals surface area contributed by atoms with Crippen molar-refractivity contribution in [2.45, 2.75) is 23.8 Å². The molecule has 0 bridgehead atoms. The average Bonchev–Trinajstić information content (AvgIpc) is 2.79. The van der Waals surface area contributed by atoms with Gasteiger partial charge in [-0.25, -0.2) is 13.6 Å². The Balaban J connectivity index is 0.00000363. The molecular weight excluding hydrogens is 535 g/mol. The number of rotatable bonds is 8. The fraction of sp³-hybridized carbons (Fsp3) is 0.208. The Morgan fingerprint density at radius 1 is 0.906 bits per heavy atom. The molecule has 0 saturated carbocycles. The van der Waals surface area contributed by atoms with Crippen LogP contribution in [0.4, 0.5) is 0 Å². The highest BCUT2D eigenvalue weighted by molar-refractivity contribution is 14.0. The van der Waals surface area contributed by atoms with Crippen molar-refractivity contribution < 1.29 is 8.42 Å². The van der Waals surface area contributed by atoms with E-state index in [0.29, 0.717) is 19.0 Å². The molecule has 1 unspecified atom stereocenters. The number of nitrogens with one attached hydrogen (secondary N) is 2. The third-order valence-corrected chi connectivity index (χ3v) is 5.93. The van der Waals surface area contributed by atoms with Gasteiger partial charge in [0.1, 0.15) is 0 Å². The summed E-state index contributed by atoms with van der Waals surface area (Å²) in [6.07, 6.45) is 0.908. The zero-order chi connectivity index (χ0) is 22.1. The zero-order valence-electron chi connectivity index (χ0n) is 17.9. The Morgan fingerprint density at radius 2 is 1.53 bits per heavy atom. The lowest BCUT2D eigenvalue weighted by Crippen LogP contribution is -2.39. The predicted molar refractivity (Wildman–Crippen MR) is 141 cm³/mol. The molecule has 0 amide bonds. The van der Waals surface area contributed by atoms with Crippen LogP contribution in [0, 0.1) is 0 Å². The molecule has 8 heteroatoms. The van der Waals surface area contributed by atoms with Crippen molar-refractivity contribution in [3.05, 3.63) is 102 Å². The highest BCUT2D eigenvalue weighted by Crippen LogP contribution is 2.20. The maximum atomic E-state index is 11.6. The summed E-state index contributed by atoms with van der Waals surface area (Å²) in [5, 5.41) is 11.9. The number of sulfonamides is 1. The van der Waals surface area contributed by atoms with E-state index < -0.39 is 10.0 Å². The number of nitrogens with zero attached hydrogens (tertiary/aromatic N) is 1. The summed E-state index contributed by atoms with van der Waals surface area (Å²) >= 11 is 0. The van der Waals surface area contributed by atoms with Gasteiger partial charge >= 0.3 is 0 Å². The van der Waals surface area contributed by atoms with E-state index in [1.165, 1.54) is 17.2 Å². The third-order valence-electron chi connectivity index (χ3n) is 5.02. The van der Waals surface area contributed by atoms with Crippen LogP contribution in [0.5, 0.6) is 0 Å². The lowest BCUT2D eigenvalue weighted by atomic mass is 9.92. The first-order valence-electron chi connectivity index (χ1n) is 10.1. The van der Waals surface area contributed by atoms with Crippen molar-refractivity contribution in [1.82, 2.24) is 10.6 Å². The molecule has 0 aromatic heterocycles. The minimum atomic E-state index is -3.72. The first-order valence-corrected chi connectivity index (χ1v) is 11.7. The Bertz CT molecular complexity index is 1110. The summed E-state index contributed by atoms with van der Waals surface area (Å²) in [6.45, 7) is 1.13. The third kappa shape index (κ3) is 7.92. The second kappa shape index (κ2) is 12.6. The molecule has 4 N–H and O–H groups in total. The van der Waals surface area contributed by atoms with Gasteiger partial charge in [-0.2, -0.15) is 0 Å². The van der Waals surface area contributed by atoms with Crippen molar-refractivity contribution >= 4 is 40.0 Å². The van der Waals surface area contributed by atoms with E-state index in [1.807, 2.05) is 18.2 Å². The van der Waals surface area contributed by atoms with Gasteiger partial charge in [-0.05, 0) is 35.2 Å². The monoisotopic (exact) mass is 564 g/mol. The van der Waals surface area contributed by atoms with Crippen LogP contribution in [-0.2, 0) is 23.0 Å². The summed E-state index contributed by atoms with van der Waals surface area (Å²) in [4.78, 5) is 4.40. The maximum absolute atomic E-state index is 11.6. The largest absolute Gasteiger partial charge is 0.356 e. The SMILES string of the molecule is CN=C(NCc1cccc(S(N)(=O)=O)c1)NCC(Cc1ccccc1)c1ccccc1.I. The van der Waals surface area contributed by atoms with Gasteiger partial charge < -0.3 is 10.6 Å². The number of aliphatic imine (C=N–C) groups is 1. The summed E-state index contributed by atoms with van der Waals surface area (Å²) in [5.41, 5.74) is 3.34. The zero-order valence-corrected chi connectivity index (χ0v) is 21.1. The molecule has 6 nitrogen and oxygen atoms in total. The molecule has 0 fully saturated rings. The number of primary sulfonamides is 1. The number of guanidine groups is 1. The van der Waals surface area contributed by atoms with E-state index in [1.54, 1.807) is 19.2 Å². The molecule has 0 aliphatic carbocycles. The maximum Gasteiger partial charge on any atom is 0.238 e. The van der Waals surface area contributed by atoms with Crippen molar-refractivity contribution in [2.24, 2.45) is 10.1 Å². The standard InChI is InChI=1S/C24H28N4O2S.HI/c1-26-24(27-17-20-11-8-14-23(16-20)31(25,29)30)28-18-22(21-12-6-3-7-13-21)15-19-9-4-2-5-10-19;/h2-14,16,22H,15,17-18H2,1H3,(H2,25,29,30)(H2,26,27,28);1H. The first-order chi connectivity index (χ1) is 15.0. The van der Waals surface area contributed by atoms with Crippen LogP contribution >= 0.6 is 24.0 Å². The Kier molecular flexibility index (Phi) is 10.1. The summed E-state index contributed by atoms with van der Waals surface area (Å²) < 4.78 is 23.1. The minimum absolute atomic E-state index is 0. The molecule has 3 rings (SSSR count). The molecular formula is C24H29IN4O2S. The Labute approximate surface area is 207 Å². The van der Waals surface area contributed by atoms with E-state index in [4.69, 9.17) is 5.14 Å². The fourth-order valence-electron chi connectivity index (χ4n) is 3.39. The number of benzene rings is 3. The highest BCUT2D eigenvalue weighted by atomic mass is 127. The Hall–Kier alpha value is -2.43. The molecule has 3 aromatic rings. The van der Waals surface area contributed by atoms with Gasteiger partial charge in [0.25, 0.3) is 0 Å². The van der Waals surface area contributed by atoms with E-state index in [0.717, 1.165) is 12.0 Å². The molecule has 0 spiro atoms. The Morgan fingerprint density at radius 3 is 2.16 bits per heavy atom. The van der Waals surface area contributed by atoms with Crippen molar-refractivity contribution in [3.63, 3.8) is 0 Å². The van der Waals surface area contributed by atoms with Crippen LogP contribution in [0.2, 0.25) is 0 Å². The second-order valence-corrected chi connectivity index (χ2v) is 8.86. The van der Waals surface area contributed by atoms with Gasteiger partial charge in [0.05, 0.1) is 4.90 Å². The van der Waals surface area contributed by atoms with Crippen molar-refractivity contribution in [2.75, 3.05) is 13.6 Å². The summed E-state index contributed by atoms with van der Waals surface area (Å²) in [7, 11) is -2.01. The van der Waals surface area contributed by atoms with Gasteiger partial charge in [-0.15, -0.1) is 24.0 Å². The van der Waals surface area contributed by atoms with Crippen LogP contribution in [0.3, 0.4) is 0 Å². The number of nitrogens with two attached hydrogens (primary N) is 1. The first kappa shape index (κ1) is 25.8. The highest BCUT2D eigenvalue weighted by Gasteiger charge is 2.13. The van der Waals surface area contributed by atoms with Gasteiger partial charge in [0.15, 0.2) is 5.96 Å². The minimum Gasteiger partial charge on any atom is -0.356 e. The van der Waals surface area contributed by atoms with Crippen molar-refractivity contribution in [3.8, 4) is 0 Å². The molecule has 0 saturated heterocycles. The molecule has 3 aromatic carbocycles. The molecule has 0 radical (unpaired) electrons. The topological polar surface area (TPSA) is 96.6 Å². The molecule has 0 aliphatic rings. The summed E-state index contributed by atoms with van der Waals surface area (Å²) in [6, 6.07) is 27.4. The van der Waals surface area contributed by atoms with Crippen LogP contribution in [-0.4, -0.2) is 28.0 Å². The predicted octanol–water partition coefficient (Wildman–Crippen LogP) is 3.64. The van der Waals surface area contributed by atoms with Crippen LogP contribution < -0.4 is 15.8 Å². The lowest BCUT2D eigenvalue weighted by molar-refractivity contribution is 0.597. The van der Waals surface area contributed by atoms with E-state index >= 15 is 0 Å². The smallest absolute Gasteiger partial charge is 0.238 e. The van der Waals surface area contributed by atoms with Crippen LogP contribution in [0.1, 0.15) is 22.6 Å². The van der Waals surface area contributed by atoms with E-state index in [9.17, 15) is 8.42 Å². The molecule has 170 valence electrons. The molecule has 0 aliphatic heterocycles. The normalized spacial score (nSPS) is 12.5. The fourth-order valence-corrected chi connectivity index (χ4v) is 3.97. The van der Waals surface area contributed by atoms with Gasteiger partial charge in [-0.3, -0.25) is 4.99 Å². The van der Waals surface area contributed by atoms with E-state index in [2.05, 4.69) is 64.2 Å². The number of hydrogen-bond acceptors (Lipinski definition) is 3. The molecule has 32 heavy (non-hydrogen) atoms. The van der Waals surface area contributed by atoms with Crippen molar-refractivity contribution in [1.29, 1.82) is 0 Å². The quantitative estimate of drug-likeness (QED) is 0.221. The van der Waals surface area contributed by atoms with Gasteiger partial charge in [0.2, 0.25) is 10.0 Å². The molecule has 0 heterocycles. The van der Waals surface area contributed by atoms with E-state index in [-0.39, 0.29) is 34.8 Å². The molecule has 1 atom stereocenters. The number of hydrogen-bond donors (Lipinski definition) is 3. The number of halogens is 1. The van der Waals surface area contributed by atoms with Gasteiger partial charge in [0, 0.05) is 26.1 Å². The lowest BCUT2D eigenvalue weighted by Gasteiger charge is -2.20. The second-order valence-electron chi connectivity index (χ2n) is 7.30. The van der Waals surface area contributed by atoms with Gasteiger partial charge in [-0.1, -0.05) is 72.8 Å². The average molecular weight is 564 g/mol. The summed E-state index contributed by atoms with van der Waals surface area (Å²) in [5.74, 6) is 0.919.